The maximum absolute atomic E-state index is 14.1. The van der Waals surface area contributed by atoms with E-state index in [4.69, 9.17) is 11.1 Å². The lowest BCUT2D eigenvalue weighted by Crippen LogP contribution is -2.57. The molecule has 4 unspecified atom stereocenters. The van der Waals surface area contributed by atoms with Crippen molar-refractivity contribution in [1.29, 1.82) is 5.41 Å². The summed E-state index contributed by atoms with van der Waals surface area (Å²) in [4.78, 5) is 29.2. The van der Waals surface area contributed by atoms with Gasteiger partial charge in [0.15, 0.2) is 0 Å². The number of amidine groups is 1. The highest BCUT2D eigenvalue weighted by Gasteiger charge is 2.49. The molecule has 2 aromatic rings. The first-order valence-corrected chi connectivity index (χ1v) is 15.0. The summed E-state index contributed by atoms with van der Waals surface area (Å²) in [5, 5.41) is 20.6. The Morgan fingerprint density at radius 3 is 2.51 bits per heavy atom. The maximum atomic E-state index is 14.1. The van der Waals surface area contributed by atoms with Crippen LogP contribution in [0.4, 0.5) is 0 Å². The Balaban J connectivity index is 1.57. The number of phenolic OH excluding ortho intramolecular Hbond substituents is 1. The highest BCUT2D eigenvalue weighted by atomic mass is 32.2. The number of nitrogens with two attached hydrogens (primary N) is 1. The Labute approximate surface area is 229 Å². The number of sulfonamides is 1. The SMILES string of the molecule is CCS(=O)(=O)NC(Cc1ccccc1)C(=O)N1C(C(=O)NCc2ccc(C(=N)N)c(O)c2)CC2CCCCC21. The van der Waals surface area contributed by atoms with Gasteiger partial charge in [-0.1, -0.05) is 49.2 Å². The molecule has 0 aromatic heterocycles. The number of rotatable bonds is 10. The second-order valence-corrected chi connectivity index (χ2v) is 12.4. The molecule has 2 amide bonds. The van der Waals surface area contributed by atoms with Crippen LogP contribution in [0.1, 0.15) is 55.7 Å². The number of carbonyl (C=O) groups excluding carboxylic acids is 2. The molecule has 39 heavy (non-hydrogen) atoms. The maximum Gasteiger partial charge on any atom is 0.243 e. The Hall–Kier alpha value is -3.44. The molecule has 4 rings (SSSR count). The van der Waals surface area contributed by atoms with Crippen LogP contribution < -0.4 is 15.8 Å². The molecule has 10 nitrogen and oxygen atoms in total. The van der Waals surface area contributed by atoms with Gasteiger partial charge in [-0.3, -0.25) is 15.0 Å². The van der Waals surface area contributed by atoms with E-state index in [0.29, 0.717) is 12.0 Å². The van der Waals surface area contributed by atoms with Crippen molar-refractivity contribution >= 4 is 27.7 Å². The van der Waals surface area contributed by atoms with Gasteiger partial charge in [-0.25, -0.2) is 13.1 Å². The molecule has 2 aliphatic rings. The normalized spacial score (nSPS) is 21.7. The summed E-state index contributed by atoms with van der Waals surface area (Å²) in [5.41, 5.74) is 7.12. The van der Waals surface area contributed by atoms with Gasteiger partial charge >= 0.3 is 0 Å². The van der Waals surface area contributed by atoms with E-state index in [0.717, 1.165) is 31.2 Å². The number of likely N-dealkylation sites (tertiary alicyclic amines) is 1. The minimum absolute atomic E-state index is 0.119. The van der Waals surface area contributed by atoms with Crippen molar-refractivity contribution in [2.24, 2.45) is 11.7 Å². The van der Waals surface area contributed by atoms with Crippen LogP contribution in [0.25, 0.3) is 0 Å². The monoisotopic (exact) mass is 555 g/mol. The molecule has 1 aliphatic heterocycles. The van der Waals surface area contributed by atoms with E-state index in [1.807, 2.05) is 30.3 Å². The minimum Gasteiger partial charge on any atom is -0.507 e. The highest BCUT2D eigenvalue weighted by Crippen LogP contribution is 2.40. The summed E-state index contributed by atoms with van der Waals surface area (Å²) in [7, 11) is -3.69. The van der Waals surface area contributed by atoms with E-state index >= 15 is 0 Å². The molecule has 11 heteroatoms. The number of benzene rings is 2. The number of hydrogen-bond donors (Lipinski definition) is 5. The van der Waals surface area contributed by atoms with Gasteiger partial charge in [0.2, 0.25) is 21.8 Å². The van der Waals surface area contributed by atoms with Gasteiger partial charge in [0.1, 0.15) is 23.7 Å². The van der Waals surface area contributed by atoms with Crippen molar-refractivity contribution < 1.29 is 23.1 Å². The standard InChI is InChI=1S/C28H37N5O5S/c1-2-39(37,38)32-22(14-18-8-4-3-5-9-18)28(36)33-23-11-7-6-10-20(23)16-24(33)27(35)31-17-19-12-13-21(26(29)30)25(34)15-19/h3-5,8-9,12-13,15,20,22-24,32,34H,2,6-7,10-11,14,16-17H2,1H3,(H3,29,30)(H,31,35). The van der Waals surface area contributed by atoms with Crippen LogP contribution in [0.5, 0.6) is 5.75 Å². The van der Waals surface area contributed by atoms with Crippen molar-refractivity contribution in [1.82, 2.24) is 14.9 Å². The number of aromatic hydroxyl groups is 1. The number of carbonyl (C=O) groups is 2. The zero-order valence-corrected chi connectivity index (χ0v) is 22.9. The molecule has 2 fully saturated rings. The van der Waals surface area contributed by atoms with E-state index in [1.165, 1.54) is 19.1 Å². The first kappa shape index (κ1) is 28.6. The molecule has 4 atom stereocenters. The smallest absolute Gasteiger partial charge is 0.243 e. The molecule has 1 aliphatic carbocycles. The van der Waals surface area contributed by atoms with Crippen LogP contribution in [0.15, 0.2) is 48.5 Å². The highest BCUT2D eigenvalue weighted by molar-refractivity contribution is 7.89. The predicted molar refractivity (Wildman–Crippen MR) is 148 cm³/mol. The summed E-state index contributed by atoms with van der Waals surface area (Å²) in [6, 6.07) is 12.0. The molecule has 1 heterocycles. The molecule has 6 N–H and O–H groups in total. The number of fused-ring (bicyclic) bond motifs is 1. The van der Waals surface area contributed by atoms with Crippen LogP contribution in [0, 0.1) is 11.3 Å². The lowest BCUT2D eigenvalue weighted by atomic mass is 9.84. The predicted octanol–water partition coefficient (Wildman–Crippen LogP) is 2.00. The first-order chi connectivity index (χ1) is 18.6. The fourth-order valence-corrected chi connectivity index (χ4v) is 6.53. The number of phenols is 1. The molecule has 210 valence electrons. The van der Waals surface area contributed by atoms with Crippen LogP contribution in [-0.2, 0) is 32.6 Å². The van der Waals surface area contributed by atoms with Crippen molar-refractivity contribution in [3.8, 4) is 5.75 Å². The minimum atomic E-state index is -3.69. The zero-order chi connectivity index (χ0) is 28.2. The molecule has 0 spiro atoms. The molecule has 1 saturated heterocycles. The third kappa shape index (κ3) is 6.77. The molecule has 1 saturated carbocycles. The number of nitrogen functional groups attached to an aromatic ring is 1. The van der Waals surface area contributed by atoms with Gasteiger partial charge in [0, 0.05) is 12.6 Å². The molecule has 0 bridgehead atoms. The van der Waals surface area contributed by atoms with Crippen LogP contribution >= 0.6 is 0 Å². The van der Waals surface area contributed by atoms with E-state index in [9.17, 15) is 23.1 Å². The average molecular weight is 556 g/mol. The Morgan fingerprint density at radius 2 is 1.85 bits per heavy atom. The topological polar surface area (TPSA) is 166 Å². The number of nitrogens with one attached hydrogen (secondary N) is 3. The lowest BCUT2D eigenvalue weighted by Gasteiger charge is -2.36. The van der Waals surface area contributed by atoms with Gasteiger partial charge < -0.3 is 21.1 Å². The summed E-state index contributed by atoms with van der Waals surface area (Å²) < 4.78 is 27.7. The quantitative estimate of drug-likeness (QED) is 0.222. The fraction of sp³-hybridized carbons (Fsp3) is 0.464. The number of amides is 2. The van der Waals surface area contributed by atoms with Crippen molar-refractivity contribution in [3.05, 3.63) is 65.2 Å². The fourth-order valence-electron chi connectivity index (χ4n) is 5.74. The zero-order valence-electron chi connectivity index (χ0n) is 22.1. The third-order valence-electron chi connectivity index (χ3n) is 7.75. The van der Waals surface area contributed by atoms with Gasteiger partial charge in [-0.15, -0.1) is 0 Å². The van der Waals surface area contributed by atoms with E-state index in [2.05, 4.69) is 10.0 Å². The van der Waals surface area contributed by atoms with E-state index < -0.39 is 22.1 Å². The van der Waals surface area contributed by atoms with Crippen molar-refractivity contribution in [3.63, 3.8) is 0 Å². The van der Waals surface area contributed by atoms with Gasteiger partial charge in [-0.2, -0.15) is 0 Å². The second-order valence-electron chi connectivity index (χ2n) is 10.4. The summed E-state index contributed by atoms with van der Waals surface area (Å²) in [6.45, 7) is 1.64. The van der Waals surface area contributed by atoms with Gasteiger partial charge in [0.25, 0.3) is 0 Å². The molecular weight excluding hydrogens is 518 g/mol. The van der Waals surface area contributed by atoms with Crippen LogP contribution in [0.2, 0.25) is 0 Å². The average Bonchev–Trinajstić information content (AvgIpc) is 3.31. The van der Waals surface area contributed by atoms with Crippen LogP contribution in [0.3, 0.4) is 0 Å². The van der Waals surface area contributed by atoms with Gasteiger partial charge in [-0.05, 0) is 61.8 Å². The second kappa shape index (κ2) is 12.2. The third-order valence-corrected chi connectivity index (χ3v) is 9.15. The van der Waals surface area contributed by atoms with Crippen molar-refractivity contribution in [2.45, 2.75) is 70.1 Å². The van der Waals surface area contributed by atoms with E-state index in [-0.39, 0.29) is 59.6 Å². The number of nitrogens with zero attached hydrogens (tertiary/aromatic N) is 1. The summed E-state index contributed by atoms with van der Waals surface area (Å²) in [6.07, 6.45) is 4.39. The Kier molecular flexibility index (Phi) is 8.91. The number of hydrogen-bond acceptors (Lipinski definition) is 6. The summed E-state index contributed by atoms with van der Waals surface area (Å²) >= 11 is 0. The van der Waals surface area contributed by atoms with E-state index in [1.54, 1.807) is 11.0 Å². The van der Waals surface area contributed by atoms with Gasteiger partial charge in [0.05, 0.1) is 11.3 Å². The Morgan fingerprint density at radius 1 is 1.13 bits per heavy atom. The first-order valence-electron chi connectivity index (χ1n) is 13.4. The molecule has 2 aromatic carbocycles. The van der Waals surface area contributed by atoms with Crippen molar-refractivity contribution in [2.75, 3.05) is 5.75 Å². The Bertz CT molecular complexity index is 1320. The molecule has 0 radical (unpaired) electrons. The largest absolute Gasteiger partial charge is 0.507 e. The molecular formula is C28H37N5O5S. The lowest BCUT2D eigenvalue weighted by molar-refractivity contribution is -0.142. The van der Waals surface area contributed by atoms with Crippen LogP contribution in [-0.4, -0.2) is 60.0 Å². The summed E-state index contributed by atoms with van der Waals surface area (Å²) in [5.74, 6) is -1.08.